The standard InChI is InChI=1S/C12H17NO4/c1-8-11(12(15)16-2)5-10(17-8)7-13-4-3-9(14)6-13/h5,9,14H,3-4,6-7H2,1-2H3. The average molecular weight is 239 g/mol. The van der Waals surface area contributed by atoms with Gasteiger partial charge in [0, 0.05) is 13.1 Å². The van der Waals surface area contributed by atoms with Crippen LogP contribution in [0.2, 0.25) is 0 Å². The predicted octanol–water partition coefficient (Wildman–Crippen LogP) is 0.941. The molecule has 0 spiro atoms. The molecule has 1 aliphatic heterocycles. The maximum atomic E-state index is 11.4. The number of esters is 1. The molecule has 1 N–H and O–H groups in total. The van der Waals surface area contributed by atoms with E-state index in [1.54, 1.807) is 13.0 Å². The third-order valence-electron chi connectivity index (χ3n) is 3.00. The second kappa shape index (κ2) is 4.89. The molecule has 0 bridgehead atoms. The zero-order chi connectivity index (χ0) is 12.4. The molecular formula is C12H17NO4. The SMILES string of the molecule is COC(=O)c1cc(CN2CCC(O)C2)oc1C. The molecule has 1 aromatic heterocycles. The largest absolute Gasteiger partial charge is 0.465 e. The van der Waals surface area contributed by atoms with E-state index in [-0.39, 0.29) is 12.1 Å². The van der Waals surface area contributed by atoms with Gasteiger partial charge < -0.3 is 14.3 Å². The molecule has 0 amide bonds. The first kappa shape index (κ1) is 12.1. The van der Waals surface area contributed by atoms with Crippen molar-refractivity contribution in [3.05, 3.63) is 23.2 Å². The van der Waals surface area contributed by atoms with Crippen LogP contribution in [0.5, 0.6) is 0 Å². The van der Waals surface area contributed by atoms with Gasteiger partial charge in [0.05, 0.1) is 19.8 Å². The number of likely N-dealkylation sites (tertiary alicyclic amines) is 1. The predicted molar refractivity (Wildman–Crippen MR) is 60.7 cm³/mol. The summed E-state index contributed by atoms with van der Waals surface area (Å²) in [6.07, 6.45) is 0.551. The molecular weight excluding hydrogens is 222 g/mol. The van der Waals surface area contributed by atoms with E-state index in [2.05, 4.69) is 9.64 Å². The minimum atomic E-state index is -0.376. The number of hydrogen-bond acceptors (Lipinski definition) is 5. The number of furan rings is 1. The van der Waals surface area contributed by atoms with Crippen molar-refractivity contribution in [1.29, 1.82) is 0 Å². The van der Waals surface area contributed by atoms with Gasteiger partial charge >= 0.3 is 5.97 Å². The van der Waals surface area contributed by atoms with E-state index in [9.17, 15) is 9.90 Å². The molecule has 0 aliphatic carbocycles. The molecule has 1 atom stereocenters. The Labute approximate surface area is 100.0 Å². The summed E-state index contributed by atoms with van der Waals surface area (Å²) in [5, 5.41) is 9.42. The van der Waals surface area contributed by atoms with Crippen molar-refractivity contribution >= 4 is 5.97 Å². The Morgan fingerprint density at radius 3 is 3.06 bits per heavy atom. The van der Waals surface area contributed by atoms with Crippen molar-refractivity contribution in [3.8, 4) is 0 Å². The summed E-state index contributed by atoms with van der Waals surface area (Å²) in [4.78, 5) is 13.5. The Kier molecular flexibility index (Phi) is 3.49. The molecule has 0 radical (unpaired) electrons. The minimum Gasteiger partial charge on any atom is -0.465 e. The molecule has 1 unspecified atom stereocenters. The monoisotopic (exact) mass is 239 g/mol. The quantitative estimate of drug-likeness (QED) is 0.795. The lowest BCUT2D eigenvalue weighted by Crippen LogP contribution is -2.21. The second-order valence-corrected chi connectivity index (χ2v) is 4.35. The van der Waals surface area contributed by atoms with Crippen LogP contribution < -0.4 is 0 Å². The van der Waals surface area contributed by atoms with E-state index in [1.807, 2.05) is 0 Å². The second-order valence-electron chi connectivity index (χ2n) is 4.35. The number of ether oxygens (including phenoxy) is 1. The minimum absolute atomic E-state index is 0.244. The highest BCUT2D eigenvalue weighted by Crippen LogP contribution is 2.19. The maximum absolute atomic E-state index is 11.4. The fourth-order valence-corrected chi connectivity index (χ4v) is 2.11. The molecule has 0 aromatic carbocycles. The summed E-state index contributed by atoms with van der Waals surface area (Å²) in [6.45, 7) is 3.88. The number of rotatable bonds is 3. The van der Waals surface area contributed by atoms with Crippen LogP contribution in [-0.4, -0.2) is 42.3 Å². The van der Waals surface area contributed by atoms with Crippen LogP contribution in [-0.2, 0) is 11.3 Å². The highest BCUT2D eigenvalue weighted by molar-refractivity contribution is 5.90. The number of carbonyl (C=O) groups is 1. The van der Waals surface area contributed by atoms with Gasteiger partial charge in [-0.1, -0.05) is 0 Å². The van der Waals surface area contributed by atoms with Crippen LogP contribution in [0.4, 0.5) is 0 Å². The molecule has 2 heterocycles. The average Bonchev–Trinajstić information content (AvgIpc) is 2.85. The van der Waals surface area contributed by atoms with Crippen molar-refractivity contribution in [2.75, 3.05) is 20.2 Å². The van der Waals surface area contributed by atoms with Crippen LogP contribution in [0.25, 0.3) is 0 Å². The molecule has 2 rings (SSSR count). The normalized spacial score (nSPS) is 20.8. The molecule has 1 fully saturated rings. The summed E-state index contributed by atoms with van der Waals surface area (Å²) < 4.78 is 10.2. The zero-order valence-electron chi connectivity index (χ0n) is 10.1. The Morgan fingerprint density at radius 2 is 2.47 bits per heavy atom. The van der Waals surface area contributed by atoms with E-state index < -0.39 is 0 Å². The van der Waals surface area contributed by atoms with Crippen LogP contribution in [0, 0.1) is 6.92 Å². The molecule has 0 saturated carbocycles. The van der Waals surface area contributed by atoms with Gasteiger partial charge in [0.2, 0.25) is 0 Å². The number of aliphatic hydroxyl groups is 1. The third-order valence-corrected chi connectivity index (χ3v) is 3.00. The first-order valence-electron chi connectivity index (χ1n) is 5.68. The lowest BCUT2D eigenvalue weighted by molar-refractivity contribution is 0.0599. The number of β-amino-alcohol motifs (C(OH)–C–C–N with tert-alkyl or cyclic N) is 1. The van der Waals surface area contributed by atoms with Crippen molar-refractivity contribution in [2.45, 2.75) is 26.0 Å². The smallest absolute Gasteiger partial charge is 0.341 e. The van der Waals surface area contributed by atoms with Crippen LogP contribution in [0.3, 0.4) is 0 Å². The molecule has 94 valence electrons. The third kappa shape index (κ3) is 2.68. The number of nitrogens with zero attached hydrogens (tertiary/aromatic N) is 1. The first-order chi connectivity index (χ1) is 8.10. The molecule has 1 saturated heterocycles. The maximum Gasteiger partial charge on any atom is 0.341 e. The zero-order valence-corrected chi connectivity index (χ0v) is 10.1. The fraction of sp³-hybridized carbons (Fsp3) is 0.583. The number of hydrogen-bond donors (Lipinski definition) is 1. The van der Waals surface area contributed by atoms with E-state index >= 15 is 0 Å². The number of aryl methyl sites for hydroxylation is 1. The van der Waals surface area contributed by atoms with Crippen molar-refractivity contribution in [3.63, 3.8) is 0 Å². The molecule has 5 heteroatoms. The van der Waals surface area contributed by atoms with E-state index in [0.717, 1.165) is 18.7 Å². The summed E-state index contributed by atoms with van der Waals surface area (Å²) in [6, 6.07) is 1.71. The first-order valence-corrected chi connectivity index (χ1v) is 5.68. The van der Waals surface area contributed by atoms with Gasteiger partial charge in [-0.05, 0) is 19.4 Å². The molecule has 17 heavy (non-hydrogen) atoms. The fourth-order valence-electron chi connectivity index (χ4n) is 2.11. The number of carbonyl (C=O) groups excluding carboxylic acids is 1. The van der Waals surface area contributed by atoms with Crippen LogP contribution >= 0.6 is 0 Å². The molecule has 1 aliphatic rings. The number of methoxy groups -OCH3 is 1. The topological polar surface area (TPSA) is 62.9 Å². The Morgan fingerprint density at radius 1 is 1.71 bits per heavy atom. The van der Waals surface area contributed by atoms with Crippen molar-refractivity contribution in [1.82, 2.24) is 4.90 Å². The summed E-state index contributed by atoms with van der Waals surface area (Å²) >= 11 is 0. The number of aliphatic hydroxyl groups excluding tert-OH is 1. The van der Waals surface area contributed by atoms with Gasteiger partial charge in [0.1, 0.15) is 17.1 Å². The van der Waals surface area contributed by atoms with Gasteiger partial charge in [-0.25, -0.2) is 4.79 Å². The van der Waals surface area contributed by atoms with Crippen LogP contribution in [0.1, 0.15) is 28.3 Å². The summed E-state index contributed by atoms with van der Waals surface area (Å²) in [7, 11) is 1.35. The Bertz CT molecular complexity index is 413. The lowest BCUT2D eigenvalue weighted by atomic mass is 10.2. The van der Waals surface area contributed by atoms with E-state index in [4.69, 9.17) is 4.42 Å². The molecule has 5 nitrogen and oxygen atoms in total. The summed E-state index contributed by atoms with van der Waals surface area (Å²) in [5.74, 6) is 0.933. The van der Waals surface area contributed by atoms with Gasteiger partial charge in [0.25, 0.3) is 0 Å². The highest BCUT2D eigenvalue weighted by Gasteiger charge is 2.22. The summed E-state index contributed by atoms with van der Waals surface area (Å²) in [5.41, 5.74) is 0.474. The highest BCUT2D eigenvalue weighted by atomic mass is 16.5. The lowest BCUT2D eigenvalue weighted by Gasteiger charge is -2.12. The van der Waals surface area contributed by atoms with Gasteiger partial charge in [-0.3, -0.25) is 4.90 Å². The van der Waals surface area contributed by atoms with Crippen molar-refractivity contribution in [2.24, 2.45) is 0 Å². The van der Waals surface area contributed by atoms with E-state index in [0.29, 0.717) is 24.4 Å². The van der Waals surface area contributed by atoms with Gasteiger partial charge in [-0.2, -0.15) is 0 Å². The van der Waals surface area contributed by atoms with Crippen LogP contribution in [0.15, 0.2) is 10.5 Å². The van der Waals surface area contributed by atoms with E-state index in [1.165, 1.54) is 7.11 Å². The van der Waals surface area contributed by atoms with Crippen molar-refractivity contribution < 1.29 is 19.1 Å². The van der Waals surface area contributed by atoms with Gasteiger partial charge in [0.15, 0.2) is 0 Å². The Balaban J connectivity index is 2.05. The Hall–Kier alpha value is -1.33. The van der Waals surface area contributed by atoms with Gasteiger partial charge in [-0.15, -0.1) is 0 Å². The molecule has 1 aromatic rings.